The molecule has 0 saturated carbocycles. The van der Waals surface area contributed by atoms with E-state index in [0.717, 1.165) is 6.26 Å². The molecule has 0 fully saturated rings. The standard InChI is InChI=1S/C11H15FN2O2S/c1-11(2)7-13-9-6-8(12)4-5-10(9)14(11)17(3,15)16/h4-6,13H,7H2,1-3H3. The van der Waals surface area contributed by atoms with Crippen molar-refractivity contribution in [2.45, 2.75) is 19.4 Å². The van der Waals surface area contributed by atoms with Crippen molar-refractivity contribution in [2.75, 3.05) is 22.4 Å². The van der Waals surface area contributed by atoms with Gasteiger partial charge < -0.3 is 5.32 Å². The van der Waals surface area contributed by atoms with Gasteiger partial charge in [0, 0.05) is 6.54 Å². The first kappa shape index (κ1) is 12.2. The minimum absolute atomic E-state index is 0.385. The molecule has 2 rings (SSSR count). The van der Waals surface area contributed by atoms with Crippen LogP contribution < -0.4 is 9.62 Å². The van der Waals surface area contributed by atoms with E-state index in [-0.39, 0.29) is 5.82 Å². The normalized spacial score (nSPS) is 18.5. The number of hydrogen-bond acceptors (Lipinski definition) is 3. The van der Waals surface area contributed by atoms with E-state index >= 15 is 0 Å². The zero-order valence-electron chi connectivity index (χ0n) is 9.99. The van der Waals surface area contributed by atoms with Gasteiger partial charge in [-0.2, -0.15) is 0 Å². The van der Waals surface area contributed by atoms with Gasteiger partial charge in [0.05, 0.1) is 23.2 Å². The van der Waals surface area contributed by atoms with E-state index in [0.29, 0.717) is 17.9 Å². The van der Waals surface area contributed by atoms with E-state index < -0.39 is 15.6 Å². The summed E-state index contributed by atoms with van der Waals surface area (Å²) in [7, 11) is -3.39. The number of nitrogens with zero attached hydrogens (tertiary/aromatic N) is 1. The van der Waals surface area contributed by atoms with Crippen LogP contribution >= 0.6 is 0 Å². The minimum atomic E-state index is -3.39. The van der Waals surface area contributed by atoms with Crippen LogP contribution in [-0.2, 0) is 10.0 Å². The van der Waals surface area contributed by atoms with Crippen LogP contribution in [-0.4, -0.2) is 26.8 Å². The second-order valence-electron chi connectivity index (χ2n) is 4.85. The van der Waals surface area contributed by atoms with Gasteiger partial charge in [-0.05, 0) is 32.0 Å². The predicted molar refractivity (Wildman–Crippen MR) is 66.3 cm³/mol. The molecule has 1 N–H and O–H groups in total. The van der Waals surface area contributed by atoms with Crippen molar-refractivity contribution in [1.82, 2.24) is 0 Å². The highest BCUT2D eigenvalue weighted by Gasteiger charge is 2.38. The second-order valence-corrected chi connectivity index (χ2v) is 6.69. The number of anilines is 2. The van der Waals surface area contributed by atoms with Gasteiger partial charge in [0.25, 0.3) is 0 Å². The number of hydrogen-bond donors (Lipinski definition) is 1. The second kappa shape index (κ2) is 3.60. The van der Waals surface area contributed by atoms with Crippen LogP contribution in [0.15, 0.2) is 18.2 Å². The molecule has 0 spiro atoms. The molecule has 0 atom stereocenters. The molecule has 1 aliphatic heterocycles. The van der Waals surface area contributed by atoms with E-state index in [1.165, 1.54) is 22.5 Å². The molecule has 0 bridgehead atoms. The molecule has 0 amide bonds. The van der Waals surface area contributed by atoms with Gasteiger partial charge in [-0.3, -0.25) is 4.31 Å². The van der Waals surface area contributed by atoms with Gasteiger partial charge >= 0.3 is 0 Å². The summed E-state index contributed by atoms with van der Waals surface area (Å²) in [5.74, 6) is -0.385. The van der Waals surface area contributed by atoms with E-state index in [1.807, 2.05) is 13.8 Å². The van der Waals surface area contributed by atoms with Crippen LogP contribution in [0.3, 0.4) is 0 Å². The Kier molecular flexibility index (Phi) is 2.57. The van der Waals surface area contributed by atoms with Gasteiger partial charge in [-0.1, -0.05) is 0 Å². The van der Waals surface area contributed by atoms with Gasteiger partial charge in [0.2, 0.25) is 10.0 Å². The van der Waals surface area contributed by atoms with Crippen molar-refractivity contribution in [2.24, 2.45) is 0 Å². The molecule has 94 valence electrons. The first-order valence-electron chi connectivity index (χ1n) is 5.26. The predicted octanol–water partition coefficient (Wildman–Crippen LogP) is 1.80. The minimum Gasteiger partial charge on any atom is -0.381 e. The Labute approximate surface area is 100 Å². The van der Waals surface area contributed by atoms with Crippen LogP contribution in [0.5, 0.6) is 0 Å². The Hall–Kier alpha value is -1.30. The third kappa shape index (κ3) is 2.09. The molecule has 17 heavy (non-hydrogen) atoms. The van der Waals surface area contributed by atoms with E-state index in [9.17, 15) is 12.8 Å². The fourth-order valence-electron chi connectivity index (χ4n) is 2.16. The average Bonchev–Trinajstić information content (AvgIpc) is 2.15. The van der Waals surface area contributed by atoms with Crippen molar-refractivity contribution < 1.29 is 12.8 Å². The maximum absolute atomic E-state index is 13.1. The molecular formula is C11H15FN2O2S. The lowest BCUT2D eigenvalue weighted by Gasteiger charge is -2.43. The number of fused-ring (bicyclic) bond motifs is 1. The summed E-state index contributed by atoms with van der Waals surface area (Å²) >= 11 is 0. The third-order valence-electron chi connectivity index (χ3n) is 2.77. The molecule has 0 saturated heterocycles. The summed E-state index contributed by atoms with van der Waals surface area (Å²) < 4.78 is 38.1. The fraction of sp³-hybridized carbons (Fsp3) is 0.455. The van der Waals surface area contributed by atoms with Crippen molar-refractivity contribution in [1.29, 1.82) is 0 Å². The molecule has 1 aromatic rings. The first-order valence-corrected chi connectivity index (χ1v) is 7.10. The Morgan fingerprint density at radius 3 is 2.65 bits per heavy atom. The molecule has 6 heteroatoms. The SMILES string of the molecule is CC1(C)CNc2cc(F)ccc2N1S(C)(=O)=O. The number of halogens is 1. The lowest BCUT2D eigenvalue weighted by Crippen LogP contribution is -2.54. The number of sulfonamides is 1. The van der Waals surface area contributed by atoms with Crippen molar-refractivity contribution in [3.05, 3.63) is 24.0 Å². The van der Waals surface area contributed by atoms with Crippen LogP contribution in [0.2, 0.25) is 0 Å². The van der Waals surface area contributed by atoms with E-state index in [1.54, 1.807) is 0 Å². The van der Waals surface area contributed by atoms with Crippen molar-refractivity contribution in [3.63, 3.8) is 0 Å². The first-order chi connectivity index (χ1) is 7.72. The van der Waals surface area contributed by atoms with Crippen LogP contribution in [0, 0.1) is 5.82 Å². The molecule has 0 unspecified atom stereocenters. The van der Waals surface area contributed by atoms with Crippen molar-refractivity contribution in [3.8, 4) is 0 Å². The highest BCUT2D eigenvalue weighted by Crippen LogP contribution is 2.38. The van der Waals surface area contributed by atoms with Gasteiger partial charge in [-0.25, -0.2) is 12.8 Å². The van der Waals surface area contributed by atoms with Crippen molar-refractivity contribution >= 4 is 21.4 Å². The number of benzene rings is 1. The number of nitrogens with one attached hydrogen (secondary N) is 1. The Morgan fingerprint density at radius 1 is 1.41 bits per heavy atom. The quantitative estimate of drug-likeness (QED) is 0.835. The fourth-order valence-corrected chi connectivity index (χ4v) is 3.64. The maximum atomic E-state index is 13.1. The Bertz CT molecular complexity index is 555. The van der Waals surface area contributed by atoms with Crippen LogP contribution in [0.4, 0.5) is 15.8 Å². The smallest absolute Gasteiger partial charge is 0.232 e. The Morgan fingerprint density at radius 2 is 2.06 bits per heavy atom. The van der Waals surface area contributed by atoms with Gasteiger partial charge in [0.15, 0.2) is 0 Å². The summed E-state index contributed by atoms with van der Waals surface area (Å²) in [6.45, 7) is 4.09. The highest BCUT2D eigenvalue weighted by molar-refractivity contribution is 7.92. The monoisotopic (exact) mass is 258 g/mol. The molecule has 0 aliphatic carbocycles. The molecule has 1 aromatic carbocycles. The molecule has 1 heterocycles. The average molecular weight is 258 g/mol. The lowest BCUT2D eigenvalue weighted by molar-refractivity contribution is 0.513. The van der Waals surface area contributed by atoms with E-state index in [2.05, 4.69) is 5.32 Å². The largest absolute Gasteiger partial charge is 0.381 e. The van der Waals surface area contributed by atoms with E-state index in [4.69, 9.17) is 0 Å². The molecule has 0 aromatic heterocycles. The van der Waals surface area contributed by atoms with Crippen LogP contribution in [0.25, 0.3) is 0 Å². The molecule has 4 nitrogen and oxygen atoms in total. The molecule has 1 aliphatic rings. The summed E-state index contributed by atoms with van der Waals surface area (Å²) in [6.07, 6.45) is 1.16. The zero-order chi connectivity index (χ0) is 12.8. The van der Waals surface area contributed by atoms with Gasteiger partial charge in [0.1, 0.15) is 5.82 Å². The summed E-state index contributed by atoms with van der Waals surface area (Å²) in [5, 5.41) is 3.05. The third-order valence-corrected chi connectivity index (χ3v) is 4.12. The summed E-state index contributed by atoms with van der Waals surface area (Å²) in [6, 6.07) is 4.06. The Balaban J connectivity index is 2.64. The topological polar surface area (TPSA) is 49.4 Å². The molecular weight excluding hydrogens is 243 g/mol. The van der Waals surface area contributed by atoms with Crippen LogP contribution in [0.1, 0.15) is 13.8 Å². The van der Waals surface area contributed by atoms with Gasteiger partial charge in [-0.15, -0.1) is 0 Å². The number of rotatable bonds is 1. The summed E-state index contributed by atoms with van der Waals surface area (Å²) in [5.41, 5.74) is 0.429. The zero-order valence-corrected chi connectivity index (χ0v) is 10.8. The molecule has 0 radical (unpaired) electrons. The summed E-state index contributed by atoms with van der Waals surface area (Å²) in [4.78, 5) is 0. The lowest BCUT2D eigenvalue weighted by atomic mass is 10.0. The maximum Gasteiger partial charge on any atom is 0.232 e. The highest BCUT2D eigenvalue weighted by atomic mass is 32.2.